The number of aliphatic imine (C=N–C) groups is 1. The Morgan fingerprint density at radius 2 is 2.39 bits per heavy atom. The molecule has 0 aliphatic rings. The molecular weight excluding hydrogens is 230 g/mol. The number of nitrogens with zero attached hydrogens (tertiary/aromatic N) is 3. The average molecular weight is 249 g/mol. The molecule has 0 aromatic carbocycles. The van der Waals surface area contributed by atoms with Crippen LogP contribution in [0.15, 0.2) is 4.99 Å². The summed E-state index contributed by atoms with van der Waals surface area (Å²) in [6.45, 7) is 3.47. The van der Waals surface area contributed by atoms with Crippen molar-refractivity contribution in [3.8, 4) is 6.07 Å². The summed E-state index contributed by atoms with van der Waals surface area (Å²) in [4.78, 5) is 4.12. The minimum atomic E-state index is 0.254. The molecule has 0 atom stereocenters. The fraction of sp³-hybridized carbons (Fsp3) is 0.545. The van der Waals surface area contributed by atoms with Gasteiger partial charge in [0, 0.05) is 13.1 Å². The van der Waals surface area contributed by atoms with E-state index in [2.05, 4.69) is 20.5 Å². The van der Waals surface area contributed by atoms with Crippen LogP contribution in [0.3, 0.4) is 0 Å². The van der Waals surface area contributed by atoms with Crippen molar-refractivity contribution in [2.24, 2.45) is 10.7 Å². The zero-order valence-electron chi connectivity index (χ0n) is 10.5. The van der Waals surface area contributed by atoms with Crippen LogP contribution in [0.5, 0.6) is 0 Å². The van der Waals surface area contributed by atoms with E-state index in [-0.39, 0.29) is 5.82 Å². The SMILES string of the molecule is CCCN=C(N)NCCCc1[nH]nc(N)c1C#N. The molecule has 7 heteroatoms. The number of aryl methyl sites for hydroxylation is 1. The maximum Gasteiger partial charge on any atom is 0.188 e. The first-order valence-electron chi connectivity index (χ1n) is 5.95. The zero-order chi connectivity index (χ0) is 13.4. The van der Waals surface area contributed by atoms with E-state index in [0.29, 0.717) is 24.5 Å². The van der Waals surface area contributed by atoms with Crippen molar-refractivity contribution in [1.82, 2.24) is 15.5 Å². The largest absolute Gasteiger partial charge is 0.381 e. The lowest BCUT2D eigenvalue weighted by Crippen LogP contribution is -2.32. The predicted octanol–water partition coefficient (Wildman–Crippen LogP) is 0.110. The fourth-order valence-corrected chi connectivity index (χ4v) is 1.47. The Hall–Kier alpha value is -2.23. The lowest BCUT2D eigenvalue weighted by atomic mass is 10.1. The minimum Gasteiger partial charge on any atom is -0.381 e. The molecule has 0 saturated heterocycles. The van der Waals surface area contributed by atoms with Crippen LogP contribution in [0, 0.1) is 11.3 Å². The first kappa shape index (κ1) is 13.8. The number of nitrogens with two attached hydrogens (primary N) is 2. The van der Waals surface area contributed by atoms with Crippen LogP contribution in [-0.2, 0) is 6.42 Å². The van der Waals surface area contributed by atoms with Crippen LogP contribution in [0.25, 0.3) is 0 Å². The third kappa shape index (κ3) is 3.97. The topological polar surface area (TPSA) is 129 Å². The number of anilines is 1. The Labute approximate surface area is 106 Å². The van der Waals surface area contributed by atoms with Crippen LogP contribution in [0.2, 0.25) is 0 Å². The highest BCUT2D eigenvalue weighted by atomic mass is 15.2. The normalized spacial score (nSPS) is 11.2. The van der Waals surface area contributed by atoms with E-state index >= 15 is 0 Å². The van der Waals surface area contributed by atoms with E-state index in [9.17, 15) is 0 Å². The average Bonchev–Trinajstić information content (AvgIpc) is 2.72. The highest BCUT2D eigenvalue weighted by Crippen LogP contribution is 2.12. The maximum absolute atomic E-state index is 8.89. The molecule has 0 aliphatic carbocycles. The van der Waals surface area contributed by atoms with E-state index < -0.39 is 0 Å². The van der Waals surface area contributed by atoms with Gasteiger partial charge in [0.25, 0.3) is 0 Å². The summed E-state index contributed by atoms with van der Waals surface area (Å²) in [5.41, 5.74) is 12.4. The van der Waals surface area contributed by atoms with Gasteiger partial charge in [-0.3, -0.25) is 10.1 Å². The van der Waals surface area contributed by atoms with Gasteiger partial charge in [-0.25, -0.2) is 0 Å². The summed E-state index contributed by atoms with van der Waals surface area (Å²) >= 11 is 0. The molecule has 0 unspecified atom stereocenters. The van der Waals surface area contributed by atoms with Crippen LogP contribution in [-0.4, -0.2) is 29.2 Å². The standard InChI is InChI=1S/C11H19N7/c1-2-5-15-11(14)16-6-3-4-9-8(7-12)10(13)18-17-9/h2-6H2,1H3,(H3,13,17,18)(H3,14,15,16). The number of nitrogen functional groups attached to an aromatic ring is 1. The minimum absolute atomic E-state index is 0.254. The zero-order valence-corrected chi connectivity index (χ0v) is 10.5. The van der Waals surface area contributed by atoms with Crippen molar-refractivity contribution in [3.05, 3.63) is 11.3 Å². The maximum atomic E-state index is 8.89. The van der Waals surface area contributed by atoms with Crippen molar-refractivity contribution < 1.29 is 0 Å². The Kier molecular flexibility index (Phi) is 5.51. The molecule has 0 bridgehead atoms. The quantitative estimate of drug-likeness (QED) is 0.323. The van der Waals surface area contributed by atoms with E-state index in [0.717, 1.165) is 25.1 Å². The number of nitrogens with one attached hydrogen (secondary N) is 2. The van der Waals surface area contributed by atoms with E-state index in [1.54, 1.807) is 0 Å². The van der Waals surface area contributed by atoms with Crippen molar-refractivity contribution in [2.75, 3.05) is 18.8 Å². The molecule has 1 heterocycles. The summed E-state index contributed by atoms with van der Waals surface area (Å²) in [7, 11) is 0. The summed E-state index contributed by atoms with van der Waals surface area (Å²) in [6.07, 6.45) is 2.49. The molecule has 1 aromatic heterocycles. The monoisotopic (exact) mass is 249 g/mol. The van der Waals surface area contributed by atoms with Crippen LogP contribution in [0.4, 0.5) is 5.82 Å². The molecule has 6 N–H and O–H groups in total. The molecule has 1 aromatic rings. The van der Waals surface area contributed by atoms with Gasteiger partial charge < -0.3 is 16.8 Å². The number of nitriles is 1. The van der Waals surface area contributed by atoms with Crippen LogP contribution < -0.4 is 16.8 Å². The van der Waals surface area contributed by atoms with E-state index in [1.807, 2.05) is 13.0 Å². The molecule has 0 spiro atoms. The van der Waals surface area contributed by atoms with Gasteiger partial charge in [0.05, 0.1) is 5.69 Å². The first-order chi connectivity index (χ1) is 8.69. The van der Waals surface area contributed by atoms with Gasteiger partial charge in [0.15, 0.2) is 11.8 Å². The Bertz CT molecular complexity index is 441. The molecule has 98 valence electrons. The highest BCUT2D eigenvalue weighted by molar-refractivity contribution is 5.77. The number of aromatic nitrogens is 2. The molecule has 18 heavy (non-hydrogen) atoms. The van der Waals surface area contributed by atoms with Gasteiger partial charge in [-0.2, -0.15) is 10.4 Å². The number of H-pyrrole nitrogens is 1. The lowest BCUT2D eigenvalue weighted by Gasteiger charge is -2.04. The molecule has 0 aliphatic heterocycles. The number of hydrogen-bond acceptors (Lipinski definition) is 4. The summed E-state index contributed by atoms with van der Waals surface area (Å²) in [5, 5.41) is 18.5. The van der Waals surface area contributed by atoms with E-state index in [1.165, 1.54) is 0 Å². The van der Waals surface area contributed by atoms with Gasteiger partial charge in [0.1, 0.15) is 11.6 Å². The Balaban J connectivity index is 2.32. The Morgan fingerprint density at radius 1 is 1.61 bits per heavy atom. The predicted molar refractivity (Wildman–Crippen MR) is 70.8 cm³/mol. The summed E-state index contributed by atoms with van der Waals surface area (Å²) in [6, 6.07) is 2.03. The van der Waals surface area contributed by atoms with Gasteiger partial charge >= 0.3 is 0 Å². The third-order valence-electron chi connectivity index (χ3n) is 2.40. The van der Waals surface area contributed by atoms with Crippen molar-refractivity contribution in [3.63, 3.8) is 0 Å². The number of hydrogen-bond donors (Lipinski definition) is 4. The van der Waals surface area contributed by atoms with Crippen LogP contribution >= 0.6 is 0 Å². The molecule has 0 radical (unpaired) electrons. The molecule has 1 rings (SSSR count). The smallest absolute Gasteiger partial charge is 0.188 e. The third-order valence-corrected chi connectivity index (χ3v) is 2.40. The second-order valence-corrected chi connectivity index (χ2v) is 3.87. The van der Waals surface area contributed by atoms with Gasteiger partial charge in [-0.15, -0.1) is 0 Å². The number of guanidine groups is 1. The van der Waals surface area contributed by atoms with Crippen molar-refractivity contribution in [1.29, 1.82) is 5.26 Å². The molecule has 0 fully saturated rings. The van der Waals surface area contributed by atoms with Gasteiger partial charge in [0.2, 0.25) is 0 Å². The molecule has 0 amide bonds. The highest BCUT2D eigenvalue weighted by Gasteiger charge is 2.09. The van der Waals surface area contributed by atoms with Crippen molar-refractivity contribution in [2.45, 2.75) is 26.2 Å². The fourth-order valence-electron chi connectivity index (χ4n) is 1.47. The Morgan fingerprint density at radius 3 is 3.06 bits per heavy atom. The number of rotatable bonds is 6. The second-order valence-electron chi connectivity index (χ2n) is 3.87. The first-order valence-corrected chi connectivity index (χ1v) is 5.95. The van der Waals surface area contributed by atoms with E-state index in [4.69, 9.17) is 16.7 Å². The second kappa shape index (κ2) is 7.17. The van der Waals surface area contributed by atoms with Crippen molar-refractivity contribution >= 4 is 11.8 Å². The van der Waals surface area contributed by atoms with Gasteiger partial charge in [-0.05, 0) is 19.3 Å². The number of aromatic amines is 1. The lowest BCUT2D eigenvalue weighted by molar-refractivity contribution is 0.747. The van der Waals surface area contributed by atoms with Gasteiger partial charge in [-0.1, -0.05) is 6.92 Å². The summed E-state index contributed by atoms with van der Waals surface area (Å²) in [5.74, 6) is 0.714. The van der Waals surface area contributed by atoms with Crippen LogP contribution in [0.1, 0.15) is 31.0 Å². The molecule has 7 nitrogen and oxygen atoms in total. The summed E-state index contributed by atoms with van der Waals surface area (Å²) < 4.78 is 0. The molecular formula is C11H19N7. The molecule has 0 saturated carbocycles.